The summed E-state index contributed by atoms with van der Waals surface area (Å²) in [6, 6.07) is 0. The highest BCUT2D eigenvalue weighted by molar-refractivity contribution is 5.69. The van der Waals surface area contributed by atoms with Crippen LogP contribution in [0.2, 0.25) is 0 Å². The lowest BCUT2D eigenvalue weighted by atomic mass is 9.44. The summed E-state index contributed by atoms with van der Waals surface area (Å²) in [6.07, 6.45) is 51.9. The van der Waals surface area contributed by atoms with Gasteiger partial charge in [0.2, 0.25) is 0 Å². The Morgan fingerprint density at radius 2 is 1.07 bits per heavy atom. The molecule has 0 saturated heterocycles. The van der Waals surface area contributed by atoms with Crippen LogP contribution in [-0.4, -0.2) is 12.6 Å². The van der Waals surface area contributed by atoms with Gasteiger partial charge in [-0.15, -0.1) is 0 Å². The second-order valence-electron chi connectivity index (χ2n) is 21.4. The Morgan fingerprint density at radius 1 is 0.545 bits per heavy atom. The van der Waals surface area contributed by atoms with Crippen molar-refractivity contribution in [2.24, 2.45) is 52.3 Å². The maximum Gasteiger partial charge on any atom is 0.305 e. The molecule has 0 heterocycles. The zero-order valence-electron chi connectivity index (χ0n) is 38.2. The first-order valence-corrected chi connectivity index (χ1v) is 25.9. The van der Waals surface area contributed by atoms with Crippen LogP contribution in [0.5, 0.6) is 0 Å². The molecule has 0 radical (unpaired) electrons. The number of hydrogen-bond acceptors (Lipinski definition) is 2. The van der Waals surface area contributed by atoms with Gasteiger partial charge in [0.25, 0.3) is 0 Å². The second kappa shape index (κ2) is 26.5. The van der Waals surface area contributed by atoms with Gasteiger partial charge in [-0.3, -0.25) is 4.79 Å². The summed E-state index contributed by atoms with van der Waals surface area (Å²) in [5.41, 5.74) is 1.25. The molecular formula is C53H98O2. The molecule has 0 bridgehead atoms. The van der Waals surface area contributed by atoms with Crippen LogP contribution in [0, 0.1) is 52.3 Å². The lowest BCUT2D eigenvalue weighted by Gasteiger charge is -2.61. The Kier molecular flexibility index (Phi) is 22.8. The number of carbonyl (C=O) groups is 1. The van der Waals surface area contributed by atoms with Crippen molar-refractivity contribution < 1.29 is 9.53 Å². The molecule has 4 saturated carbocycles. The van der Waals surface area contributed by atoms with Crippen molar-refractivity contribution in [1.82, 2.24) is 0 Å². The van der Waals surface area contributed by atoms with Gasteiger partial charge in [-0.25, -0.2) is 0 Å². The zero-order valence-corrected chi connectivity index (χ0v) is 38.2. The van der Waals surface area contributed by atoms with E-state index in [4.69, 9.17) is 4.74 Å². The molecule has 0 N–H and O–H groups in total. The van der Waals surface area contributed by atoms with Crippen LogP contribution in [0.3, 0.4) is 0 Å². The number of unbranched alkanes of at least 4 members (excludes halogenated alkanes) is 22. The molecule has 322 valence electrons. The maximum atomic E-state index is 12.5. The highest BCUT2D eigenvalue weighted by atomic mass is 16.5. The normalized spacial score (nSPS) is 30.0. The van der Waals surface area contributed by atoms with Crippen molar-refractivity contribution in [2.45, 2.75) is 272 Å². The molecule has 4 aliphatic rings. The monoisotopic (exact) mass is 767 g/mol. The van der Waals surface area contributed by atoms with Gasteiger partial charge in [-0.05, 0) is 116 Å². The predicted octanol–water partition coefficient (Wildman–Crippen LogP) is 17.4. The van der Waals surface area contributed by atoms with Crippen molar-refractivity contribution in [3.63, 3.8) is 0 Å². The molecular weight excluding hydrogens is 669 g/mol. The van der Waals surface area contributed by atoms with Crippen LogP contribution in [-0.2, 0) is 9.53 Å². The molecule has 55 heavy (non-hydrogen) atoms. The number of rotatable bonds is 31. The summed E-state index contributed by atoms with van der Waals surface area (Å²) < 4.78 is 5.75. The molecule has 0 aromatic rings. The van der Waals surface area contributed by atoms with Crippen molar-refractivity contribution in [3.05, 3.63) is 0 Å². The molecule has 4 rings (SSSR count). The molecule has 4 aliphatic carbocycles. The third-order valence-electron chi connectivity index (χ3n) is 17.2. The molecule has 0 spiro atoms. The molecule has 4 fully saturated rings. The van der Waals surface area contributed by atoms with Gasteiger partial charge in [0.1, 0.15) is 0 Å². The van der Waals surface area contributed by atoms with E-state index in [2.05, 4.69) is 34.6 Å². The lowest BCUT2D eigenvalue weighted by molar-refractivity contribution is -0.145. The Morgan fingerprint density at radius 3 is 1.64 bits per heavy atom. The van der Waals surface area contributed by atoms with Crippen LogP contribution in [0.15, 0.2) is 0 Å². The average molecular weight is 767 g/mol. The summed E-state index contributed by atoms with van der Waals surface area (Å²) in [4.78, 5) is 12.5. The van der Waals surface area contributed by atoms with Gasteiger partial charge < -0.3 is 4.74 Å². The van der Waals surface area contributed by atoms with Crippen molar-refractivity contribution in [3.8, 4) is 0 Å². The third kappa shape index (κ3) is 15.5. The summed E-state index contributed by atoms with van der Waals surface area (Å²) in [5.74, 6) is 6.36. The van der Waals surface area contributed by atoms with E-state index in [-0.39, 0.29) is 5.97 Å². The Balaban J connectivity index is 0.903. The maximum absolute atomic E-state index is 12.5. The average Bonchev–Trinajstić information content (AvgIpc) is 3.54. The van der Waals surface area contributed by atoms with E-state index in [0.29, 0.717) is 29.8 Å². The molecule has 0 amide bonds. The molecule has 2 heteroatoms. The lowest BCUT2D eigenvalue weighted by Crippen LogP contribution is -2.53. The predicted molar refractivity (Wildman–Crippen MR) is 239 cm³/mol. The fourth-order valence-corrected chi connectivity index (χ4v) is 13.7. The van der Waals surface area contributed by atoms with Gasteiger partial charge in [-0.2, -0.15) is 0 Å². The largest absolute Gasteiger partial charge is 0.465 e. The van der Waals surface area contributed by atoms with Gasteiger partial charge in [0.15, 0.2) is 0 Å². The Bertz CT molecular complexity index is 989. The van der Waals surface area contributed by atoms with Crippen LogP contribution in [0.25, 0.3) is 0 Å². The number of esters is 1. The quantitative estimate of drug-likeness (QED) is 0.0519. The topological polar surface area (TPSA) is 26.3 Å². The summed E-state index contributed by atoms with van der Waals surface area (Å²) in [7, 11) is 0. The van der Waals surface area contributed by atoms with Crippen molar-refractivity contribution in [2.75, 3.05) is 6.61 Å². The van der Waals surface area contributed by atoms with Crippen LogP contribution in [0.4, 0.5) is 0 Å². The van der Waals surface area contributed by atoms with E-state index < -0.39 is 0 Å². The highest BCUT2D eigenvalue weighted by Gasteiger charge is 2.60. The number of ether oxygens (including phenoxy) is 1. The van der Waals surface area contributed by atoms with E-state index in [0.717, 1.165) is 41.9 Å². The fourth-order valence-electron chi connectivity index (χ4n) is 13.7. The second-order valence-corrected chi connectivity index (χ2v) is 21.4. The Hall–Kier alpha value is -0.530. The molecule has 2 unspecified atom stereocenters. The van der Waals surface area contributed by atoms with Crippen LogP contribution >= 0.6 is 0 Å². The summed E-state index contributed by atoms with van der Waals surface area (Å²) >= 11 is 0. The van der Waals surface area contributed by atoms with Crippen LogP contribution in [0.1, 0.15) is 272 Å². The number of carbonyl (C=O) groups excluding carboxylic acids is 1. The minimum atomic E-state index is 0.0420. The van der Waals surface area contributed by atoms with E-state index in [9.17, 15) is 4.79 Å². The molecule has 0 aliphatic heterocycles. The first kappa shape index (κ1) is 47.2. The molecule has 0 aromatic heterocycles. The zero-order chi connectivity index (χ0) is 39.2. The minimum Gasteiger partial charge on any atom is -0.465 e. The molecule has 9 atom stereocenters. The van der Waals surface area contributed by atoms with E-state index >= 15 is 0 Å². The van der Waals surface area contributed by atoms with E-state index in [1.165, 1.54) is 218 Å². The van der Waals surface area contributed by atoms with Gasteiger partial charge >= 0.3 is 5.97 Å². The van der Waals surface area contributed by atoms with Crippen molar-refractivity contribution >= 4 is 5.97 Å². The van der Waals surface area contributed by atoms with Gasteiger partial charge in [-0.1, -0.05) is 202 Å². The SMILES string of the molecule is CCCCCCCCCCCCCCCCCCCCCCCCCC(=O)OCC(C)CCC[C@@H](C)[C@H]1CC[C@H]2[C@@H]3CCC4CCCC[C@]4(C)[C@H]3CC[C@]12C. The van der Waals surface area contributed by atoms with Crippen LogP contribution < -0.4 is 0 Å². The fraction of sp³-hybridized carbons (Fsp3) is 0.981. The first-order chi connectivity index (χ1) is 26.8. The van der Waals surface area contributed by atoms with Gasteiger partial charge in [0.05, 0.1) is 6.61 Å². The molecule has 0 aromatic carbocycles. The van der Waals surface area contributed by atoms with E-state index in [1.807, 2.05) is 0 Å². The summed E-state index contributed by atoms with van der Waals surface area (Å²) in [5, 5.41) is 0. The standard InChI is InChI=1S/C53H98O2/c1-6-7-8-9-10-11-12-13-14-15-16-17-18-19-20-21-22-23-24-25-26-27-28-35-51(54)55-43-44(2)32-31-33-45(3)48-38-39-49-47-37-36-46-34-29-30-41-52(46,4)50(47)40-42-53(48,49)5/h44-50H,6-43H2,1-5H3/t44?,45-,46?,47+,48-,49+,50+,52+,53-/m1/s1. The number of hydrogen-bond donors (Lipinski definition) is 0. The Labute approximate surface area is 345 Å². The third-order valence-corrected chi connectivity index (χ3v) is 17.2. The molecule has 2 nitrogen and oxygen atoms in total. The van der Waals surface area contributed by atoms with Gasteiger partial charge in [0, 0.05) is 6.42 Å². The van der Waals surface area contributed by atoms with Crippen molar-refractivity contribution in [1.29, 1.82) is 0 Å². The number of fused-ring (bicyclic) bond motifs is 5. The van der Waals surface area contributed by atoms with E-state index in [1.54, 1.807) is 6.42 Å². The first-order valence-electron chi connectivity index (χ1n) is 25.9. The highest BCUT2D eigenvalue weighted by Crippen LogP contribution is 2.68. The smallest absolute Gasteiger partial charge is 0.305 e. The summed E-state index contributed by atoms with van der Waals surface area (Å²) in [6.45, 7) is 13.3. The minimum absolute atomic E-state index is 0.0420.